The molecule has 0 aromatic carbocycles. The Morgan fingerprint density at radius 1 is 0.968 bits per heavy atom. The Kier molecular flexibility index (Phi) is 7.25. The summed E-state index contributed by atoms with van der Waals surface area (Å²) in [5, 5.41) is 22.1. The van der Waals surface area contributed by atoms with Crippen molar-refractivity contribution in [1.82, 2.24) is 29.6 Å². The zero-order valence-electron chi connectivity index (χ0n) is 18.0. The maximum Gasteiger partial charge on any atom is 0.267 e. The number of aliphatic hydroxyl groups is 1. The first-order valence-corrected chi connectivity index (χ1v) is 11.7. The van der Waals surface area contributed by atoms with Crippen LogP contribution in [0.1, 0.15) is 28.7 Å². The molecular formula is C20H30N8O2S. The van der Waals surface area contributed by atoms with Gasteiger partial charge in [-0.3, -0.25) is 9.69 Å². The van der Waals surface area contributed by atoms with E-state index in [2.05, 4.69) is 41.4 Å². The highest BCUT2D eigenvalue weighted by atomic mass is 32.1. The molecule has 0 spiro atoms. The lowest BCUT2D eigenvalue weighted by Crippen LogP contribution is -2.49. The Labute approximate surface area is 186 Å². The summed E-state index contributed by atoms with van der Waals surface area (Å²) < 4.78 is 3.98. The van der Waals surface area contributed by atoms with Crippen molar-refractivity contribution in [1.29, 1.82) is 0 Å². The van der Waals surface area contributed by atoms with Crippen LogP contribution < -0.4 is 9.80 Å². The van der Waals surface area contributed by atoms with Crippen LogP contribution in [0, 0.1) is 0 Å². The first kappa shape index (κ1) is 21.8. The fourth-order valence-corrected chi connectivity index (χ4v) is 4.73. The van der Waals surface area contributed by atoms with Crippen molar-refractivity contribution in [2.24, 2.45) is 0 Å². The number of β-amino-alcohol motifs (C(OH)–C–C–N with tert-alkyl or cyclic N) is 1. The highest BCUT2D eigenvalue weighted by molar-refractivity contribution is 7.08. The number of carbonyl (C=O) groups is 1. The number of anilines is 2. The number of aliphatic hydroxyl groups excluding tert-OH is 1. The van der Waals surface area contributed by atoms with E-state index in [1.165, 1.54) is 11.5 Å². The number of carbonyl (C=O) groups excluding carboxylic acids is 1. The van der Waals surface area contributed by atoms with E-state index < -0.39 is 0 Å². The molecule has 2 aliphatic heterocycles. The molecular weight excluding hydrogens is 416 g/mol. The third kappa shape index (κ3) is 5.10. The van der Waals surface area contributed by atoms with E-state index in [0.29, 0.717) is 18.0 Å². The van der Waals surface area contributed by atoms with Crippen LogP contribution in [0.2, 0.25) is 0 Å². The van der Waals surface area contributed by atoms with E-state index in [4.69, 9.17) is 5.11 Å². The van der Waals surface area contributed by atoms with Gasteiger partial charge in [-0.15, -0.1) is 15.3 Å². The van der Waals surface area contributed by atoms with Gasteiger partial charge in [-0.25, -0.2) is 0 Å². The summed E-state index contributed by atoms with van der Waals surface area (Å²) in [7, 11) is 0. The average molecular weight is 447 g/mol. The minimum Gasteiger partial charge on any atom is -0.395 e. The zero-order chi connectivity index (χ0) is 21.6. The van der Waals surface area contributed by atoms with Gasteiger partial charge in [0, 0.05) is 58.9 Å². The van der Waals surface area contributed by atoms with Gasteiger partial charge in [0.15, 0.2) is 11.6 Å². The molecule has 2 saturated heterocycles. The van der Waals surface area contributed by atoms with E-state index in [9.17, 15) is 4.79 Å². The summed E-state index contributed by atoms with van der Waals surface area (Å²) in [6.07, 6.45) is 1.74. The molecule has 0 aliphatic carbocycles. The van der Waals surface area contributed by atoms with Crippen LogP contribution in [0.4, 0.5) is 11.6 Å². The Balaban J connectivity index is 1.30. The predicted octanol–water partition coefficient (Wildman–Crippen LogP) is 0.357. The number of aryl methyl sites for hydroxylation is 1. The van der Waals surface area contributed by atoms with Crippen molar-refractivity contribution < 1.29 is 9.90 Å². The minimum absolute atomic E-state index is 0.0415. The third-order valence-corrected chi connectivity index (χ3v) is 6.63. The van der Waals surface area contributed by atoms with Gasteiger partial charge in [0.1, 0.15) is 4.88 Å². The Bertz CT molecular complexity index is 845. The van der Waals surface area contributed by atoms with E-state index in [-0.39, 0.29) is 12.5 Å². The number of amides is 1. The number of rotatable bonds is 7. The van der Waals surface area contributed by atoms with E-state index in [0.717, 1.165) is 76.0 Å². The molecule has 2 aromatic rings. The summed E-state index contributed by atoms with van der Waals surface area (Å²) in [6.45, 7) is 9.41. The van der Waals surface area contributed by atoms with Crippen molar-refractivity contribution in [3.05, 3.63) is 22.7 Å². The smallest absolute Gasteiger partial charge is 0.267 e. The Morgan fingerprint density at radius 3 is 2.13 bits per heavy atom. The van der Waals surface area contributed by atoms with E-state index in [1.54, 1.807) is 0 Å². The molecule has 168 valence electrons. The van der Waals surface area contributed by atoms with Gasteiger partial charge in [0.2, 0.25) is 0 Å². The minimum atomic E-state index is 0.0415. The highest BCUT2D eigenvalue weighted by Gasteiger charge is 2.26. The SMILES string of the molecule is CCCc1nnsc1C(=O)N1CCN(c2ccc(N3CCN(CCO)CC3)nn2)CC1. The van der Waals surface area contributed by atoms with E-state index in [1.807, 2.05) is 17.0 Å². The lowest BCUT2D eigenvalue weighted by Gasteiger charge is -2.36. The molecule has 0 atom stereocenters. The van der Waals surface area contributed by atoms with Gasteiger partial charge in [-0.2, -0.15) is 0 Å². The zero-order valence-corrected chi connectivity index (χ0v) is 18.8. The summed E-state index contributed by atoms with van der Waals surface area (Å²) in [4.78, 5) is 22.1. The van der Waals surface area contributed by atoms with Crippen molar-refractivity contribution in [3.63, 3.8) is 0 Å². The van der Waals surface area contributed by atoms with Crippen LogP contribution in [-0.4, -0.2) is 106 Å². The molecule has 4 heterocycles. The lowest BCUT2D eigenvalue weighted by molar-refractivity contribution is 0.0750. The van der Waals surface area contributed by atoms with Crippen molar-refractivity contribution in [2.75, 3.05) is 75.3 Å². The normalized spacial score (nSPS) is 17.9. The molecule has 0 bridgehead atoms. The maximum atomic E-state index is 12.9. The topological polar surface area (TPSA) is 102 Å². The molecule has 4 rings (SSSR count). The lowest BCUT2D eigenvalue weighted by atomic mass is 10.2. The number of nitrogens with zero attached hydrogens (tertiary/aromatic N) is 8. The number of hydrogen-bond donors (Lipinski definition) is 1. The quantitative estimate of drug-likeness (QED) is 0.646. The van der Waals surface area contributed by atoms with Crippen LogP contribution in [0.25, 0.3) is 0 Å². The first-order chi connectivity index (χ1) is 15.2. The van der Waals surface area contributed by atoms with Crippen molar-refractivity contribution >= 4 is 29.1 Å². The van der Waals surface area contributed by atoms with Crippen LogP contribution >= 0.6 is 11.5 Å². The van der Waals surface area contributed by atoms with Crippen molar-refractivity contribution in [3.8, 4) is 0 Å². The summed E-state index contributed by atoms with van der Waals surface area (Å²) in [5.74, 6) is 1.78. The summed E-state index contributed by atoms with van der Waals surface area (Å²) in [5.41, 5.74) is 0.818. The van der Waals surface area contributed by atoms with Crippen LogP contribution in [0.15, 0.2) is 12.1 Å². The molecule has 2 aliphatic rings. The first-order valence-electron chi connectivity index (χ1n) is 11.0. The van der Waals surface area contributed by atoms with Crippen LogP contribution in [-0.2, 0) is 6.42 Å². The standard InChI is InChI=1S/C20H30N8O2S/c1-2-3-16-19(31-24-21-16)20(30)28-12-10-27(11-13-28)18-5-4-17(22-23-18)26-8-6-25(7-9-26)14-15-29/h4-5,29H,2-3,6-15H2,1H3. The molecule has 10 nitrogen and oxygen atoms in total. The molecule has 2 fully saturated rings. The second-order valence-electron chi connectivity index (χ2n) is 7.88. The molecule has 0 unspecified atom stereocenters. The Morgan fingerprint density at radius 2 is 1.58 bits per heavy atom. The Hall–Kier alpha value is -2.37. The molecule has 0 saturated carbocycles. The second kappa shape index (κ2) is 10.3. The van der Waals surface area contributed by atoms with Gasteiger partial charge in [-0.05, 0) is 30.1 Å². The third-order valence-electron chi connectivity index (χ3n) is 5.88. The van der Waals surface area contributed by atoms with Gasteiger partial charge in [0.25, 0.3) is 5.91 Å². The summed E-state index contributed by atoms with van der Waals surface area (Å²) in [6, 6.07) is 4.05. The molecule has 11 heteroatoms. The van der Waals surface area contributed by atoms with E-state index >= 15 is 0 Å². The van der Waals surface area contributed by atoms with Gasteiger partial charge in [0.05, 0.1) is 12.3 Å². The summed E-state index contributed by atoms with van der Waals surface area (Å²) >= 11 is 1.20. The monoisotopic (exact) mass is 446 g/mol. The maximum absolute atomic E-state index is 12.9. The molecule has 1 amide bonds. The van der Waals surface area contributed by atoms with Gasteiger partial charge >= 0.3 is 0 Å². The van der Waals surface area contributed by atoms with Crippen LogP contribution in [0.5, 0.6) is 0 Å². The molecule has 1 N–H and O–H groups in total. The highest BCUT2D eigenvalue weighted by Crippen LogP contribution is 2.20. The van der Waals surface area contributed by atoms with Gasteiger partial charge < -0.3 is 19.8 Å². The van der Waals surface area contributed by atoms with Gasteiger partial charge in [-0.1, -0.05) is 17.8 Å². The number of aromatic nitrogens is 4. The predicted molar refractivity (Wildman–Crippen MR) is 120 cm³/mol. The largest absolute Gasteiger partial charge is 0.395 e. The molecule has 2 aromatic heterocycles. The number of hydrogen-bond acceptors (Lipinski definition) is 10. The van der Waals surface area contributed by atoms with Crippen LogP contribution in [0.3, 0.4) is 0 Å². The fraction of sp³-hybridized carbons (Fsp3) is 0.650. The number of piperazine rings is 2. The molecule has 0 radical (unpaired) electrons. The second-order valence-corrected chi connectivity index (χ2v) is 8.63. The molecule has 31 heavy (non-hydrogen) atoms. The fourth-order valence-electron chi connectivity index (χ4n) is 4.05. The van der Waals surface area contributed by atoms with Crippen molar-refractivity contribution in [2.45, 2.75) is 19.8 Å². The average Bonchev–Trinajstić information content (AvgIpc) is 3.28.